The molecule has 7 rings (SSSR count). The smallest absolute Gasteiger partial charge is 0.137 e. The number of aromatic nitrogens is 2. The summed E-state index contributed by atoms with van der Waals surface area (Å²) < 4.78 is 0. The van der Waals surface area contributed by atoms with Gasteiger partial charge in [-0.25, -0.2) is 9.97 Å². The summed E-state index contributed by atoms with van der Waals surface area (Å²) in [6.45, 7) is 4.62. The maximum absolute atomic E-state index is 5.12. The summed E-state index contributed by atoms with van der Waals surface area (Å²) in [7, 11) is 0. The van der Waals surface area contributed by atoms with E-state index in [1.807, 2.05) is 30.5 Å². The molecule has 0 amide bonds. The van der Waals surface area contributed by atoms with Crippen LogP contribution in [0.15, 0.2) is 102 Å². The van der Waals surface area contributed by atoms with E-state index in [2.05, 4.69) is 98.1 Å². The first-order valence-corrected chi connectivity index (χ1v) is 12.3. The molecule has 4 aromatic carbocycles. The normalized spacial score (nSPS) is 14.3. The lowest BCUT2D eigenvalue weighted by molar-refractivity contribution is 0.632. The van der Waals surface area contributed by atoms with E-state index in [1.54, 1.807) is 0 Å². The predicted octanol–water partition coefficient (Wildman–Crippen LogP) is 8.33. The number of rotatable bonds is 1. The Bertz CT molecular complexity index is 1790. The Kier molecular flexibility index (Phi) is 4.27. The first-order valence-electron chi connectivity index (χ1n) is 11.8. The molecule has 0 aliphatic carbocycles. The molecule has 6 aromatic rings. The third-order valence-corrected chi connectivity index (χ3v) is 7.69. The van der Waals surface area contributed by atoms with Crippen LogP contribution < -0.4 is 4.90 Å². The molecular weight excluding hydrogens is 446 g/mol. The fraction of sp³-hybridized carbons (Fsp3) is 0.0968. The number of pyridine rings is 2. The van der Waals surface area contributed by atoms with Crippen LogP contribution in [0.25, 0.3) is 32.6 Å². The Hall–Kier alpha value is -3.89. The maximum atomic E-state index is 5.12. The van der Waals surface area contributed by atoms with Crippen LogP contribution in [0.2, 0.25) is 0 Å². The number of nitrogens with zero attached hydrogens (tertiary/aromatic N) is 3. The van der Waals surface area contributed by atoms with E-state index in [1.165, 1.54) is 22.2 Å². The highest BCUT2D eigenvalue weighted by Gasteiger charge is 2.37. The van der Waals surface area contributed by atoms with E-state index in [9.17, 15) is 0 Å². The lowest BCUT2D eigenvalue weighted by Crippen LogP contribution is -2.30. The summed E-state index contributed by atoms with van der Waals surface area (Å²) in [5.74, 6) is 0.910. The highest BCUT2D eigenvalue weighted by Crippen LogP contribution is 2.52. The molecule has 0 spiro atoms. The fourth-order valence-electron chi connectivity index (χ4n) is 5.56. The first kappa shape index (κ1) is 20.5. The lowest BCUT2D eigenvalue weighted by atomic mass is 9.73. The van der Waals surface area contributed by atoms with Crippen LogP contribution in [0.1, 0.15) is 25.0 Å². The molecule has 0 fully saturated rings. The van der Waals surface area contributed by atoms with E-state index in [-0.39, 0.29) is 5.41 Å². The second kappa shape index (κ2) is 7.30. The highest BCUT2D eigenvalue weighted by molar-refractivity contribution is 7.80. The Morgan fingerprint density at radius 1 is 0.686 bits per heavy atom. The van der Waals surface area contributed by atoms with Crippen molar-refractivity contribution in [3.05, 3.63) is 108 Å². The van der Waals surface area contributed by atoms with Crippen molar-refractivity contribution >= 4 is 62.4 Å². The van der Waals surface area contributed by atoms with E-state index in [0.717, 1.165) is 43.6 Å². The van der Waals surface area contributed by atoms with Crippen LogP contribution in [0.5, 0.6) is 0 Å². The molecule has 3 heterocycles. The summed E-state index contributed by atoms with van der Waals surface area (Å²) in [4.78, 5) is 13.0. The van der Waals surface area contributed by atoms with Gasteiger partial charge in [0.25, 0.3) is 0 Å². The van der Waals surface area contributed by atoms with Gasteiger partial charge < -0.3 is 0 Å². The molecule has 2 aromatic heterocycles. The Morgan fingerprint density at radius 3 is 2.34 bits per heavy atom. The minimum atomic E-state index is -0.157. The Balaban J connectivity index is 1.60. The van der Waals surface area contributed by atoms with Crippen molar-refractivity contribution < 1.29 is 0 Å². The molecule has 35 heavy (non-hydrogen) atoms. The second-order valence-corrected chi connectivity index (χ2v) is 10.2. The van der Waals surface area contributed by atoms with Crippen LogP contribution in [0.3, 0.4) is 0 Å². The van der Waals surface area contributed by atoms with E-state index in [0.29, 0.717) is 0 Å². The van der Waals surface area contributed by atoms with E-state index >= 15 is 0 Å². The molecule has 0 saturated carbocycles. The summed E-state index contributed by atoms with van der Waals surface area (Å²) in [6.07, 6.45) is 1.86. The Labute approximate surface area is 209 Å². The van der Waals surface area contributed by atoms with Gasteiger partial charge in [-0.15, -0.1) is 12.6 Å². The molecule has 0 saturated heterocycles. The molecule has 0 unspecified atom stereocenters. The molecule has 1 aliphatic rings. The van der Waals surface area contributed by atoms with Gasteiger partial charge in [-0.1, -0.05) is 62.4 Å². The van der Waals surface area contributed by atoms with Crippen LogP contribution in [0.4, 0.5) is 17.2 Å². The third-order valence-electron chi connectivity index (χ3n) is 7.33. The zero-order chi connectivity index (χ0) is 23.7. The third kappa shape index (κ3) is 2.93. The first-order chi connectivity index (χ1) is 17.0. The van der Waals surface area contributed by atoms with Crippen LogP contribution in [0, 0.1) is 0 Å². The topological polar surface area (TPSA) is 29.0 Å². The average molecular weight is 470 g/mol. The number of hydrogen-bond acceptors (Lipinski definition) is 4. The van der Waals surface area contributed by atoms with Crippen molar-refractivity contribution in [1.29, 1.82) is 0 Å². The lowest BCUT2D eigenvalue weighted by Gasteiger charge is -2.41. The minimum Gasteiger partial charge on any atom is -0.294 e. The number of benzene rings is 4. The molecule has 3 nitrogen and oxygen atoms in total. The van der Waals surface area contributed by atoms with Crippen molar-refractivity contribution in [2.75, 3.05) is 4.90 Å². The monoisotopic (exact) mass is 469 g/mol. The molecule has 4 heteroatoms. The Morgan fingerprint density at radius 2 is 1.49 bits per heavy atom. The van der Waals surface area contributed by atoms with Gasteiger partial charge in [-0.05, 0) is 59.0 Å². The summed E-state index contributed by atoms with van der Waals surface area (Å²) >= 11 is 4.69. The minimum absolute atomic E-state index is 0.157. The molecular formula is C31H23N3S. The number of hydrogen-bond donors (Lipinski definition) is 1. The van der Waals surface area contributed by atoms with Crippen LogP contribution in [-0.4, -0.2) is 9.97 Å². The zero-order valence-corrected chi connectivity index (χ0v) is 20.4. The fourth-order valence-corrected chi connectivity index (χ4v) is 5.83. The SMILES string of the molecule is CC1(C)c2ccccc2N(c2ccccn2)c2cc3c(ccc4cc5cccc(S)c5nc43)cc21. The van der Waals surface area contributed by atoms with Crippen molar-refractivity contribution in [2.24, 2.45) is 0 Å². The van der Waals surface area contributed by atoms with E-state index < -0.39 is 0 Å². The van der Waals surface area contributed by atoms with Crippen molar-refractivity contribution in [3.8, 4) is 0 Å². The van der Waals surface area contributed by atoms with Gasteiger partial charge in [-0.2, -0.15) is 0 Å². The predicted molar refractivity (Wildman–Crippen MR) is 149 cm³/mol. The van der Waals surface area contributed by atoms with Gasteiger partial charge in [0.05, 0.1) is 22.4 Å². The van der Waals surface area contributed by atoms with Crippen LogP contribution in [-0.2, 0) is 5.41 Å². The summed E-state index contributed by atoms with van der Waals surface area (Å²) in [5, 5.41) is 4.56. The van der Waals surface area contributed by atoms with E-state index in [4.69, 9.17) is 9.97 Å². The molecule has 1 aliphatic heterocycles. The van der Waals surface area contributed by atoms with Gasteiger partial charge in [0, 0.05) is 32.7 Å². The summed E-state index contributed by atoms with van der Waals surface area (Å²) in [5.41, 5.74) is 6.66. The molecule has 0 bridgehead atoms. The largest absolute Gasteiger partial charge is 0.294 e. The molecule has 0 N–H and O–H groups in total. The molecule has 0 radical (unpaired) electrons. The molecule has 0 atom stereocenters. The quantitative estimate of drug-likeness (QED) is 0.149. The van der Waals surface area contributed by atoms with Gasteiger partial charge in [0.2, 0.25) is 0 Å². The standard InChI is InChI=1S/C31H23N3S/c1-31(2)23-9-3-4-10-25(23)34(28-12-5-6-15-32-28)26-18-22-19(17-24(26)31)13-14-21-16-20-8-7-11-27(35)30(20)33-29(21)22/h3-18,35H,1-2H3. The second-order valence-electron chi connectivity index (χ2n) is 9.73. The highest BCUT2D eigenvalue weighted by atomic mass is 32.1. The number of fused-ring (bicyclic) bond motifs is 6. The number of anilines is 3. The van der Waals surface area contributed by atoms with Crippen LogP contribution >= 0.6 is 12.6 Å². The summed E-state index contributed by atoms with van der Waals surface area (Å²) in [6, 6.07) is 32.1. The zero-order valence-electron chi connectivity index (χ0n) is 19.5. The number of thiol groups is 1. The molecule has 168 valence electrons. The maximum Gasteiger partial charge on any atom is 0.137 e. The van der Waals surface area contributed by atoms with Crippen molar-refractivity contribution in [2.45, 2.75) is 24.2 Å². The van der Waals surface area contributed by atoms with Gasteiger partial charge in [-0.3, -0.25) is 4.90 Å². The van der Waals surface area contributed by atoms with Gasteiger partial charge in [0.15, 0.2) is 0 Å². The average Bonchev–Trinajstić information content (AvgIpc) is 2.88. The van der Waals surface area contributed by atoms with Gasteiger partial charge >= 0.3 is 0 Å². The number of para-hydroxylation sites is 2. The van der Waals surface area contributed by atoms with Gasteiger partial charge in [0.1, 0.15) is 5.82 Å². The van der Waals surface area contributed by atoms with Crippen molar-refractivity contribution in [3.63, 3.8) is 0 Å². The van der Waals surface area contributed by atoms with Crippen molar-refractivity contribution in [1.82, 2.24) is 9.97 Å².